The maximum atomic E-state index is 13.1. The summed E-state index contributed by atoms with van der Waals surface area (Å²) >= 11 is 1.31. The van der Waals surface area contributed by atoms with E-state index in [9.17, 15) is 9.59 Å². The zero-order chi connectivity index (χ0) is 22.9. The number of hydrogen-bond acceptors (Lipinski definition) is 6. The van der Waals surface area contributed by atoms with Crippen LogP contribution in [0.3, 0.4) is 0 Å². The number of anilines is 2. The van der Waals surface area contributed by atoms with Crippen LogP contribution in [0.2, 0.25) is 0 Å². The number of benzene rings is 2. The number of rotatable bonds is 5. The summed E-state index contributed by atoms with van der Waals surface area (Å²) in [5, 5.41) is 12.0. The number of aromatic nitrogens is 3. The Labute approximate surface area is 195 Å². The maximum Gasteiger partial charge on any atom is 0.283 e. The van der Waals surface area contributed by atoms with Crippen LogP contribution in [0.15, 0.2) is 47.3 Å². The summed E-state index contributed by atoms with van der Waals surface area (Å²) in [6, 6.07) is 13.3. The second-order valence-corrected chi connectivity index (χ2v) is 9.68. The number of aryl methyl sites for hydroxylation is 1. The Hall–Kier alpha value is -3.26. The number of carbonyl (C=O) groups excluding carboxylic acids is 1. The van der Waals surface area contributed by atoms with Gasteiger partial charge in [0.05, 0.1) is 10.9 Å². The molecule has 1 aliphatic rings. The van der Waals surface area contributed by atoms with E-state index in [0.717, 1.165) is 31.4 Å². The number of carbonyl (C=O) groups is 1. The molecule has 1 amide bonds. The lowest BCUT2D eigenvalue weighted by Crippen LogP contribution is -2.41. The van der Waals surface area contributed by atoms with Crippen molar-refractivity contribution in [3.05, 3.63) is 63.9 Å². The molecule has 5 rings (SSSR count). The van der Waals surface area contributed by atoms with Gasteiger partial charge in [0.1, 0.15) is 0 Å². The third-order valence-electron chi connectivity index (χ3n) is 6.53. The van der Waals surface area contributed by atoms with Crippen LogP contribution >= 0.6 is 11.3 Å². The molecule has 2 atom stereocenters. The first-order valence-electron chi connectivity index (χ1n) is 11.5. The average molecular weight is 462 g/mol. The third kappa shape index (κ3) is 4.23. The SMILES string of the molecule is CCc1ccccc1Nc1nn2c(=O)c3ccc(C(=O)N[C@@H]4CCCC[C@H]4C)cc3nc2s1. The van der Waals surface area contributed by atoms with Crippen molar-refractivity contribution in [2.45, 2.75) is 52.0 Å². The minimum absolute atomic E-state index is 0.111. The van der Waals surface area contributed by atoms with E-state index in [1.165, 1.54) is 27.8 Å². The largest absolute Gasteiger partial charge is 0.349 e. The average Bonchev–Trinajstić information content (AvgIpc) is 3.23. The lowest BCUT2D eigenvalue weighted by atomic mass is 9.86. The Morgan fingerprint density at radius 3 is 2.82 bits per heavy atom. The molecule has 0 unspecified atom stereocenters. The van der Waals surface area contributed by atoms with Crippen molar-refractivity contribution < 1.29 is 4.79 Å². The molecule has 170 valence electrons. The molecular formula is C25H27N5O2S. The van der Waals surface area contributed by atoms with Crippen molar-refractivity contribution in [2.24, 2.45) is 5.92 Å². The molecule has 1 fully saturated rings. The molecule has 0 radical (unpaired) electrons. The van der Waals surface area contributed by atoms with Gasteiger partial charge in [0.25, 0.3) is 11.5 Å². The Morgan fingerprint density at radius 2 is 2.00 bits per heavy atom. The molecule has 2 N–H and O–H groups in total. The Balaban J connectivity index is 1.46. The number of hydrogen-bond donors (Lipinski definition) is 2. The summed E-state index contributed by atoms with van der Waals surface area (Å²) in [6.45, 7) is 4.29. The number of para-hydroxylation sites is 1. The summed E-state index contributed by atoms with van der Waals surface area (Å²) in [7, 11) is 0. The van der Waals surface area contributed by atoms with Crippen molar-refractivity contribution >= 4 is 43.9 Å². The molecule has 2 heterocycles. The van der Waals surface area contributed by atoms with Gasteiger partial charge in [-0.25, -0.2) is 4.98 Å². The lowest BCUT2D eigenvalue weighted by molar-refractivity contribution is 0.0910. The minimum atomic E-state index is -0.240. The summed E-state index contributed by atoms with van der Waals surface area (Å²) in [4.78, 5) is 31.1. The second kappa shape index (κ2) is 8.94. The fraction of sp³-hybridized carbons (Fsp3) is 0.360. The van der Waals surface area contributed by atoms with Gasteiger partial charge in [0, 0.05) is 17.3 Å². The van der Waals surface area contributed by atoms with Gasteiger partial charge in [-0.2, -0.15) is 4.52 Å². The van der Waals surface area contributed by atoms with Crippen LogP contribution < -0.4 is 16.2 Å². The van der Waals surface area contributed by atoms with Crippen LogP contribution in [0.4, 0.5) is 10.8 Å². The molecule has 33 heavy (non-hydrogen) atoms. The molecule has 2 aromatic carbocycles. The zero-order valence-electron chi connectivity index (χ0n) is 18.8. The molecule has 0 bridgehead atoms. The normalized spacial score (nSPS) is 18.5. The van der Waals surface area contributed by atoms with Crippen LogP contribution in [-0.4, -0.2) is 26.5 Å². The van der Waals surface area contributed by atoms with Gasteiger partial charge in [-0.05, 0) is 55.0 Å². The molecule has 1 saturated carbocycles. The van der Waals surface area contributed by atoms with Crippen molar-refractivity contribution in [1.29, 1.82) is 0 Å². The molecular weight excluding hydrogens is 434 g/mol. The molecule has 0 saturated heterocycles. The van der Waals surface area contributed by atoms with Crippen molar-refractivity contribution in [3.63, 3.8) is 0 Å². The van der Waals surface area contributed by atoms with E-state index in [1.54, 1.807) is 18.2 Å². The summed E-state index contributed by atoms with van der Waals surface area (Å²) in [5.74, 6) is 0.368. The van der Waals surface area contributed by atoms with Crippen molar-refractivity contribution in [3.8, 4) is 0 Å². The van der Waals surface area contributed by atoms with Gasteiger partial charge in [-0.3, -0.25) is 9.59 Å². The highest BCUT2D eigenvalue weighted by atomic mass is 32.1. The maximum absolute atomic E-state index is 13.1. The topological polar surface area (TPSA) is 88.4 Å². The van der Waals surface area contributed by atoms with Gasteiger partial charge < -0.3 is 10.6 Å². The first-order valence-corrected chi connectivity index (χ1v) is 12.3. The van der Waals surface area contributed by atoms with Crippen LogP contribution in [0, 0.1) is 5.92 Å². The van der Waals surface area contributed by atoms with Gasteiger partial charge >= 0.3 is 0 Å². The molecule has 0 aliphatic heterocycles. The molecule has 8 heteroatoms. The van der Waals surface area contributed by atoms with Gasteiger partial charge in [0.2, 0.25) is 10.1 Å². The lowest BCUT2D eigenvalue weighted by Gasteiger charge is -2.29. The quantitative estimate of drug-likeness (QED) is 0.440. The highest BCUT2D eigenvalue weighted by Crippen LogP contribution is 2.26. The Kier molecular flexibility index (Phi) is 5.85. The van der Waals surface area contributed by atoms with Crippen LogP contribution in [0.5, 0.6) is 0 Å². The van der Waals surface area contributed by atoms with Crippen LogP contribution in [0.1, 0.15) is 55.5 Å². The van der Waals surface area contributed by atoms with Gasteiger partial charge in [-0.1, -0.05) is 56.2 Å². The highest BCUT2D eigenvalue weighted by Gasteiger charge is 2.23. The first-order chi connectivity index (χ1) is 16.0. The Bertz CT molecular complexity index is 1390. The molecule has 0 spiro atoms. The predicted molar refractivity (Wildman–Crippen MR) is 133 cm³/mol. The first kappa shape index (κ1) is 21.6. The number of fused-ring (bicyclic) bond motifs is 2. The van der Waals surface area contributed by atoms with E-state index >= 15 is 0 Å². The second-order valence-electron chi connectivity index (χ2n) is 8.73. The van der Waals surface area contributed by atoms with E-state index in [1.807, 2.05) is 18.2 Å². The van der Waals surface area contributed by atoms with Crippen LogP contribution in [-0.2, 0) is 6.42 Å². The molecule has 2 aromatic heterocycles. The Morgan fingerprint density at radius 1 is 1.18 bits per heavy atom. The predicted octanol–water partition coefficient (Wildman–Crippen LogP) is 4.92. The highest BCUT2D eigenvalue weighted by molar-refractivity contribution is 7.20. The van der Waals surface area contributed by atoms with Crippen molar-refractivity contribution in [1.82, 2.24) is 19.9 Å². The zero-order valence-corrected chi connectivity index (χ0v) is 19.6. The monoisotopic (exact) mass is 461 g/mol. The summed E-state index contributed by atoms with van der Waals surface area (Å²) in [6.07, 6.45) is 5.42. The van der Waals surface area contributed by atoms with E-state index in [4.69, 9.17) is 0 Å². The third-order valence-corrected chi connectivity index (χ3v) is 7.35. The smallest absolute Gasteiger partial charge is 0.283 e. The number of nitrogens with zero attached hydrogens (tertiary/aromatic N) is 3. The summed E-state index contributed by atoms with van der Waals surface area (Å²) in [5.41, 5.74) is 2.93. The van der Waals surface area contributed by atoms with E-state index < -0.39 is 0 Å². The standard InChI is InChI=1S/C25H27N5O2S/c1-3-16-9-5-7-11-20(16)27-24-29-30-23(32)18-13-12-17(14-21(18)28-25(30)33-24)22(31)26-19-10-6-4-8-15(19)2/h5,7,9,11-15,19H,3-4,6,8,10H2,1-2H3,(H,26,31)(H,27,29)/t15-,19-/m1/s1. The van der Waals surface area contributed by atoms with Crippen LogP contribution in [0.25, 0.3) is 15.9 Å². The number of nitrogens with one attached hydrogen (secondary N) is 2. The van der Waals surface area contributed by atoms with Crippen molar-refractivity contribution in [2.75, 3.05) is 5.32 Å². The minimum Gasteiger partial charge on any atom is -0.349 e. The van der Waals surface area contributed by atoms with Gasteiger partial charge in [-0.15, -0.1) is 5.10 Å². The molecule has 7 nitrogen and oxygen atoms in total. The van der Waals surface area contributed by atoms with E-state index in [-0.39, 0.29) is 17.5 Å². The van der Waals surface area contributed by atoms with Gasteiger partial charge in [0.15, 0.2) is 0 Å². The molecule has 4 aromatic rings. The fourth-order valence-electron chi connectivity index (χ4n) is 4.55. The van der Waals surface area contributed by atoms with E-state index in [0.29, 0.717) is 32.5 Å². The van der Waals surface area contributed by atoms with E-state index in [2.05, 4.69) is 40.6 Å². The fourth-order valence-corrected chi connectivity index (χ4v) is 5.36. The summed E-state index contributed by atoms with van der Waals surface area (Å²) < 4.78 is 1.33. The number of amides is 1. The molecule has 1 aliphatic carbocycles.